The molecule has 1 aliphatic heterocycles. The van der Waals surface area contributed by atoms with Gasteiger partial charge in [0.1, 0.15) is 5.75 Å². The highest BCUT2D eigenvalue weighted by Gasteiger charge is 2.22. The number of carbonyl (C=O) groups is 1. The lowest BCUT2D eigenvalue weighted by Crippen LogP contribution is -2.39. The van der Waals surface area contributed by atoms with Gasteiger partial charge in [0, 0.05) is 31.1 Å². The highest BCUT2D eigenvalue weighted by atomic mass is 35.5. The summed E-state index contributed by atoms with van der Waals surface area (Å²) in [6.07, 6.45) is 2.18. The van der Waals surface area contributed by atoms with Gasteiger partial charge in [-0.15, -0.1) is 0 Å². The van der Waals surface area contributed by atoms with Gasteiger partial charge in [0.15, 0.2) is 0 Å². The van der Waals surface area contributed by atoms with Crippen LogP contribution in [-0.4, -0.2) is 43.0 Å². The van der Waals surface area contributed by atoms with Crippen molar-refractivity contribution in [1.82, 2.24) is 4.90 Å². The van der Waals surface area contributed by atoms with Crippen LogP contribution in [0.4, 0.5) is 0 Å². The third-order valence-corrected chi connectivity index (χ3v) is 5.40. The van der Waals surface area contributed by atoms with Crippen LogP contribution in [-0.2, 0) is 16.0 Å². The zero-order valence-corrected chi connectivity index (χ0v) is 17.3. The molecular weight excluding hydrogens is 397 g/mol. The van der Waals surface area contributed by atoms with Crippen LogP contribution in [0.25, 0.3) is 0 Å². The van der Waals surface area contributed by atoms with E-state index in [9.17, 15) is 4.79 Å². The molecule has 3 rings (SSSR count). The van der Waals surface area contributed by atoms with E-state index in [4.69, 9.17) is 32.7 Å². The van der Waals surface area contributed by atoms with Gasteiger partial charge in [0.05, 0.1) is 19.3 Å². The van der Waals surface area contributed by atoms with Crippen LogP contribution in [0, 0.1) is 0 Å². The number of benzene rings is 2. The average Bonchev–Trinajstić information content (AvgIpc) is 2.71. The number of aryl methyl sites for hydroxylation is 1. The molecule has 1 saturated heterocycles. The van der Waals surface area contributed by atoms with E-state index in [-0.39, 0.29) is 11.3 Å². The topological polar surface area (TPSA) is 38.8 Å². The zero-order valence-electron chi connectivity index (χ0n) is 15.8. The van der Waals surface area contributed by atoms with Crippen LogP contribution in [0.3, 0.4) is 0 Å². The van der Waals surface area contributed by atoms with Gasteiger partial charge in [-0.2, -0.15) is 0 Å². The van der Waals surface area contributed by atoms with Gasteiger partial charge in [-0.25, -0.2) is 0 Å². The lowest BCUT2D eigenvalue weighted by molar-refractivity contribution is -0.112. The van der Waals surface area contributed by atoms with Crippen LogP contribution in [0.2, 0.25) is 5.02 Å². The molecule has 1 fully saturated rings. The van der Waals surface area contributed by atoms with Crippen molar-refractivity contribution < 1.29 is 14.3 Å². The highest BCUT2D eigenvalue weighted by Crippen LogP contribution is 2.25. The number of morpholine rings is 1. The van der Waals surface area contributed by atoms with E-state index >= 15 is 0 Å². The number of hydrogen-bond donors (Lipinski definition) is 0. The van der Waals surface area contributed by atoms with Gasteiger partial charge in [-0.3, -0.25) is 9.69 Å². The summed E-state index contributed by atoms with van der Waals surface area (Å²) >= 11 is 11.6. The quantitative estimate of drug-likeness (QED) is 0.427. The van der Waals surface area contributed by atoms with Crippen molar-refractivity contribution in [3.05, 3.63) is 64.7 Å². The summed E-state index contributed by atoms with van der Waals surface area (Å²) in [4.78, 5) is 13.2. The summed E-state index contributed by atoms with van der Waals surface area (Å²) in [6, 6.07) is 16.0. The molecule has 1 heterocycles. The Morgan fingerprint density at radius 3 is 2.71 bits per heavy atom. The van der Waals surface area contributed by atoms with Gasteiger partial charge >= 0.3 is 0 Å². The van der Waals surface area contributed by atoms with Crippen molar-refractivity contribution in [1.29, 1.82) is 0 Å². The Bertz CT molecular complexity index is 767. The van der Waals surface area contributed by atoms with Crippen LogP contribution in [0.1, 0.15) is 30.1 Å². The third-order valence-electron chi connectivity index (χ3n) is 4.84. The molecule has 0 spiro atoms. The molecule has 1 atom stereocenters. The minimum absolute atomic E-state index is 0.00782. The van der Waals surface area contributed by atoms with Crippen LogP contribution < -0.4 is 4.74 Å². The molecule has 0 radical (unpaired) electrons. The molecule has 6 heteroatoms. The van der Waals surface area contributed by atoms with Crippen LogP contribution in [0.15, 0.2) is 48.5 Å². The number of carbonyl (C=O) groups excluding carboxylic acids is 1. The minimum Gasteiger partial charge on any atom is -0.494 e. The second-order valence-corrected chi connectivity index (χ2v) is 7.71. The summed E-state index contributed by atoms with van der Waals surface area (Å²) in [5.74, 6) is 0.850. The molecule has 150 valence electrons. The first-order chi connectivity index (χ1) is 13.6. The lowest BCUT2D eigenvalue weighted by Gasteiger charge is -2.32. The summed E-state index contributed by atoms with van der Waals surface area (Å²) < 4.78 is 11.7. The van der Waals surface area contributed by atoms with E-state index in [0.29, 0.717) is 26.2 Å². The molecule has 0 aromatic heterocycles. The number of ether oxygens (including phenoxy) is 2. The molecule has 2 aromatic rings. The molecule has 0 bridgehead atoms. The Hall–Kier alpha value is -1.59. The molecule has 0 aliphatic carbocycles. The maximum Gasteiger partial charge on any atom is 0.222 e. The van der Waals surface area contributed by atoms with Gasteiger partial charge in [0.25, 0.3) is 0 Å². The molecule has 0 saturated carbocycles. The Kier molecular flexibility index (Phi) is 8.16. The van der Waals surface area contributed by atoms with Gasteiger partial charge in [-0.1, -0.05) is 41.9 Å². The first kappa shape index (κ1) is 21.1. The highest BCUT2D eigenvalue weighted by molar-refractivity contribution is 6.63. The smallest absolute Gasteiger partial charge is 0.222 e. The van der Waals surface area contributed by atoms with Crippen molar-refractivity contribution in [2.24, 2.45) is 0 Å². The molecular formula is C22H25Cl2NO3. The molecule has 4 nitrogen and oxygen atoms in total. The molecule has 0 amide bonds. The van der Waals surface area contributed by atoms with Crippen LogP contribution in [0.5, 0.6) is 5.75 Å². The van der Waals surface area contributed by atoms with E-state index in [1.165, 1.54) is 0 Å². The van der Waals surface area contributed by atoms with Gasteiger partial charge in [-0.05, 0) is 53.8 Å². The summed E-state index contributed by atoms with van der Waals surface area (Å²) in [5, 5.41) is 0.517. The monoisotopic (exact) mass is 421 g/mol. The van der Waals surface area contributed by atoms with E-state index in [1.807, 2.05) is 48.5 Å². The summed E-state index contributed by atoms with van der Waals surface area (Å²) in [6.45, 7) is 3.57. The molecule has 2 aromatic carbocycles. The van der Waals surface area contributed by atoms with Crippen molar-refractivity contribution >= 4 is 28.4 Å². The first-order valence-corrected chi connectivity index (χ1v) is 10.4. The number of nitrogens with zero attached hydrogens (tertiary/aromatic N) is 1. The maximum atomic E-state index is 11.0. The molecule has 28 heavy (non-hydrogen) atoms. The Morgan fingerprint density at radius 1 is 1.18 bits per heavy atom. The third kappa shape index (κ3) is 6.49. The fourth-order valence-corrected chi connectivity index (χ4v) is 3.60. The first-order valence-electron chi connectivity index (χ1n) is 9.60. The number of halogens is 2. The zero-order chi connectivity index (χ0) is 19.8. The SMILES string of the molecule is O=C(Cl)CCN1CCOC(c2ccc(OCCCc3ccccc3Cl)cc2)C1. The van der Waals surface area contributed by atoms with Gasteiger partial charge < -0.3 is 9.47 Å². The second-order valence-electron chi connectivity index (χ2n) is 6.88. The molecule has 1 unspecified atom stereocenters. The Morgan fingerprint density at radius 2 is 1.96 bits per heavy atom. The number of hydrogen-bond acceptors (Lipinski definition) is 4. The van der Waals surface area contributed by atoms with Gasteiger partial charge in [0.2, 0.25) is 5.24 Å². The lowest BCUT2D eigenvalue weighted by atomic mass is 10.1. The predicted octanol–water partition coefficient (Wildman–Crippen LogP) is 4.88. The average molecular weight is 422 g/mol. The Labute approximate surface area is 176 Å². The van der Waals surface area contributed by atoms with E-state index in [2.05, 4.69) is 4.90 Å². The maximum absolute atomic E-state index is 11.0. The summed E-state index contributed by atoms with van der Waals surface area (Å²) in [7, 11) is 0. The van der Waals surface area contributed by atoms with Crippen molar-refractivity contribution in [2.75, 3.05) is 32.8 Å². The largest absolute Gasteiger partial charge is 0.494 e. The van der Waals surface area contributed by atoms with Crippen molar-refractivity contribution in [2.45, 2.75) is 25.4 Å². The minimum atomic E-state index is -0.293. The number of rotatable bonds is 9. The van der Waals surface area contributed by atoms with Crippen molar-refractivity contribution in [3.63, 3.8) is 0 Å². The predicted molar refractivity (Wildman–Crippen MR) is 112 cm³/mol. The fraction of sp³-hybridized carbons (Fsp3) is 0.409. The van der Waals surface area contributed by atoms with Crippen LogP contribution >= 0.6 is 23.2 Å². The molecule has 1 aliphatic rings. The standard InChI is InChI=1S/C22H25Cl2NO3/c23-20-6-2-1-4-17(20)5-3-14-27-19-9-7-18(8-10-19)21-16-25(13-15-28-21)12-11-22(24)26/h1-2,4,6-10,21H,3,5,11-16H2. The summed E-state index contributed by atoms with van der Waals surface area (Å²) in [5.41, 5.74) is 2.27. The Balaban J connectivity index is 1.44. The normalized spacial score (nSPS) is 17.4. The van der Waals surface area contributed by atoms with E-state index in [0.717, 1.165) is 47.8 Å². The van der Waals surface area contributed by atoms with E-state index in [1.54, 1.807) is 0 Å². The fourth-order valence-electron chi connectivity index (χ4n) is 3.29. The van der Waals surface area contributed by atoms with Crippen molar-refractivity contribution in [3.8, 4) is 5.75 Å². The molecule has 0 N–H and O–H groups in total. The van der Waals surface area contributed by atoms with E-state index < -0.39 is 0 Å². The second kappa shape index (κ2) is 10.8.